The molecule has 0 N–H and O–H groups in total. The summed E-state index contributed by atoms with van der Waals surface area (Å²) in [6.45, 7) is 8.34. The fraction of sp³-hybridized carbons (Fsp3) is 0.238. The number of thiophene rings is 1. The van der Waals surface area contributed by atoms with Gasteiger partial charge in [-0.05, 0) is 77.0 Å². The van der Waals surface area contributed by atoms with Crippen LogP contribution in [-0.2, 0) is 0 Å². The second kappa shape index (κ2) is 7.00. The molecule has 0 fully saturated rings. The van der Waals surface area contributed by atoms with E-state index in [1.165, 1.54) is 28.0 Å². The highest BCUT2D eigenvalue weighted by atomic mass is 79.9. The van der Waals surface area contributed by atoms with E-state index < -0.39 is 6.43 Å². The topological polar surface area (TPSA) is 0 Å². The number of hydrogen-bond donors (Lipinski definition) is 0. The van der Waals surface area contributed by atoms with Gasteiger partial charge in [0.25, 0.3) is 6.43 Å². The Morgan fingerprint density at radius 1 is 0.920 bits per heavy atom. The summed E-state index contributed by atoms with van der Waals surface area (Å²) in [4.78, 5) is 0.970. The van der Waals surface area contributed by atoms with E-state index in [2.05, 4.69) is 49.7 Å². The molecule has 25 heavy (non-hydrogen) atoms. The summed E-state index contributed by atoms with van der Waals surface area (Å²) >= 11 is 4.64. The Balaban J connectivity index is 2.37. The minimum atomic E-state index is -2.50. The minimum absolute atomic E-state index is 0.0872. The Morgan fingerprint density at radius 2 is 1.56 bits per heavy atom. The van der Waals surface area contributed by atoms with Crippen LogP contribution in [0, 0.1) is 27.7 Å². The average Bonchev–Trinajstić information content (AvgIpc) is 2.94. The van der Waals surface area contributed by atoms with Crippen molar-refractivity contribution >= 4 is 27.3 Å². The molecule has 1 heterocycles. The molecular weight excluding hydrogens is 402 g/mol. The summed E-state index contributed by atoms with van der Waals surface area (Å²) in [6, 6.07) is 11.9. The smallest absolute Gasteiger partial charge is 0.204 e. The maximum atomic E-state index is 13.6. The molecule has 0 unspecified atom stereocenters. The molecule has 0 nitrogen and oxygen atoms in total. The zero-order valence-corrected chi connectivity index (χ0v) is 17.0. The van der Waals surface area contributed by atoms with Crippen LogP contribution in [0.3, 0.4) is 0 Å². The molecular formula is C21H19BrF2S. The van der Waals surface area contributed by atoms with E-state index in [1.807, 2.05) is 30.3 Å². The number of halogens is 3. The number of aryl methyl sites for hydroxylation is 1. The van der Waals surface area contributed by atoms with E-state index in [0.29, 0.717) is 4.47 Å². The largest absolute Gasteiger partial charge is 0.273 e. The summed E-state index contributed by atoms with van der Waals surface area (Å²) in [5.41, 5.74) is 7.64. The van der Waals surface area contributed by atoms with E-state index in [-0.39, 0.29) is 4.88 Å². The predicted octanol–water partition coefficient (Wildman–Crippen LogP) is 8.02. The molecule has 0 amide bonds. The number of rotatable bonds is 3. The summed E-state index contributed by atoms with van der Waals surface area (Å²) in [7, 11) is 0. The SMILES string of the molecule is Cc1cc(-c2c(-c3ccccc3)sc(C(F)F)c2Br)c(C)c(C)c1C. The molecule has 130 valence electrons. The van der Waals surface area contributed by atoms with E-state index in [4.69, 9.17) is 0 Å². The monoisotopic (exact) mass is 420 g/mol. The molecule has 4 heteroatoms. The highest BCUT2D eigenvalue weighted by Crippen LogP contribution is 2.50. The van der Waals surface area contributed by atoms with Gasteiger partial charge in [-0.2, -0.15) is 0 Å². The van der Waals surface area contributed by atoms with Crippen molar-refractivity contribution < 1.29 is 8.78 Å². The van der Waals surface area contributed by atoms with E-state index in [0.717, 1.165) is 27.1 Å². The fourth-order valence-corrected chi connectivity index (χ4v) is 5.10. The lowest BCUT2D eigenvalue weighted by molar-refractivity contribution is 0.155. The van der Waals surface area contributed by atoms with Gasteiger partial charge in [0.05, 0.1) is 4.88 Å². The van der Waals surface area contributed by atoms with Gasteiger partial charge < -0.3 is 0 Å². The molecule has 0 bridgehead atoms. The van der Waals surface area contributed by atoms with Gasteiger partial charge in [-0.1, -0.05) is 36.4 Å². The molecule has 0 atom stereocenters. The van der Waals surface area contributed by atoms with E-state index >= 15 is 0 Å². The lowest BCUT2D eigenvalue weighted by atomic mass is 9.90. The maximum absolute atomic E-state index is 13.6. The summed E-state index contributed by atoms with van der Waals surface area (Å²) in [5.74, 6) is 0. The quantitative estimate of drug-likeness (QED) is 0.402. The number of hydrogen-bond acceptors (Lipinski definition) is 1. The Kier molecular flexibility index (Phi) is 5.12. The second-order valence-corrected chi connectivity index (χ2v) is 8.11. The molecule has 0 saturated heterocycles. The van der Waals surface area contributed by atoms with Gasteiger partial charge in [-0.25, -0.2) is 8.78 Å². The normalized spacial score (nSPS) is 11.4. The number of benzene rings is 2. The van der Waals surface area contributed by atoms with Crippen LogP contribution in [0.5, 0.6) is 0 Å². The third kappa shape index (κ3) is 3.18. The highest BCUT2D eigenvalue weighted by Gasteiger charge is 2.25. The summed E-state index contributed by atoms with van der Waals surface area (Å²) < 4.78 is 27.6. The van der Waals surface area contributed by atoms with Gasteiger partial charge in [-0.3, -0.25) is 0 Å². The van der Waals surface area contributed by atoms with Crippen LogP contribution >= 0.6 is 27.3 Å². The van der Waals surface area contributed by atoms with E-state index in [1.54, 1.807) is 0 Å². The van der Waals surface area contributed by atoms with Crippen LogP contribution in [0.4, 0.5) is 8.78 Å². The zero-order chi connectivity index (χ0) is 18.3. The van der Waals surface area contributed by atoms with Crippen LogP contribution in [-0.4, -0.2) is 0 Å². The first-order valence-electron chi connectivity index (χ1n) is 8.06. The minimum Gasteiger partial charge on any atom is -0.204 e. The molecule has 0 spiro atoms. The molecule has 0 aliphatic heterocycles. The standard InChI is InChI=1S/C21H19BrF2S/c1-11-10-16(14(4)13(3)12(11)2)17-18(22)20(21(23)24)25-19(17)15-8-6-5-7-9-15/h5-10,21H,1-4H3. The third-order valence-corrected chi connectivity index (χ3v) is 7.19. The average molecular weight is 421 g/mol. The van der Waals surface area contributed by atoms with Crippen molar-refractivity contribution in [2.45, 2.75) is 34.1 Å². The van der Waals surface area contributed by atoms with Crippen LogP contribution in [0.15, 0.2) is 40.9 Å². The molecule has 2 aromatic carbocycles. The first-order valence-corrected chi connectivity index (χ1v) is 9.67. The van der Waals surface area contributed by atoms with Crippen molar-refractivity contribution in [2.75, 3.05) is 0 Å². The van der Waals surface area contributed by atoms with Crippen molar-refractivity contribution in [3.63, 3.8) is 0 Å². The second-order valence-electron chi connectivity index (χ2n) is 6.27. The Hall–Kier alpha value is -1.52. The Bertz CT molecular complexity index is 927. The lowest BCUT2D eigenvalue weighted by Gasteiger charge is -2.16. The van der Waals surface area contributed by atoms with E-state index in [9.17, 15) is 8.78 Å². The highest BCUT2D eigenvalue weighted by molar-refractivity contribution is 9.10. The van der Waals surface area contributed by atoms with Crippen LogP contribution in [0.25, 0.3) is 21.6 Å². The third-order valence-electron chi connectivity index (χ3n) is 4.86. The molecule has 0 radical (unpaired) electrons. The molecule has 1 aromatic heterocycles. The van der Waals surface area contributed by atoms with Gasteiger partial charge in [0.15, 0.2) is 0 Å². The molecule has 3 rings (SSSR count). The molecule has 0 saturated carbocycles. The molecule has 3 aromatic rings. The lowest BCUT2D eigenvalue weighted by Crippen LogP contribution is -1.95. The zero-order valence-electron chi connectivity index (χ0n) is 14.6. The Labute approximate surface area is 159 Å². The molecule has 0 aliphatic rings. The van der Waals surface area contributed by atoms with Crippen molar-refractivity contribution in [2.24, 2.45) is 0 Å². The van der Waals surface area contributed by atoms with Crippen LogP contribution in [0.1, 0.15) is 33.6 Å². The van der Waals surface area contributed by atoms with Crippen LogP contribution < -0.4 is 0 Å². The van der Waals surface area contributed by atoms with Gasteiger partial charge in [-0.15, -0.1) is 11.3 Å². The van der Waals surface area contributed by atoms with Crippen LogP contribution in [0.2, 0.25) is 0 Å². The summed E-state index contributed by atoms with van der Waals surface area (Å²) in [6.07, 6.45) is -2.50. The summed E-state index contributed by atoms with van der Waals surface area (Å²) in [5, 5.41) is 0. The van der Waals surface area contributed by atoms with Crippen molar-refractivity contribution in [1.82, 2.24) is 0 Å². The van der Waals surface area contributed by atoms with Gasteiger partial charge in [0, 0.05) is 14.9 Å². The van der Waals surface area contributed by atoms with Crippen molar-refractivity contribution in [1.29, 1.82) is 0 Å². The maximum Gasteiger partial charge on any atom is 0.273 e. The number of alkyl halides is 2. The fourth-order valence-electron chi connectivity index (χ4n) is 3.07. The van der Waals surface area contributed by atoms with Crippen molar-refractivity contribution in [3.8, 4) is 21.6 Å². The first-order chi connectivity index (χ1) is 11.8. The molecule has 0 aliphatic carbocycles. The van der Waals surface area contributed by atoms with Crippen molar-refractivity contribution in [3.05, 3.63) is 68.0 Å². The van der Waals surface area contributed by atoms with Gasteiger partial charge in [0.2, 0.25) is 0 Å². The van der Waals surface area contributed by atoms with Gasteiger partial charge >= 0.3 is 0 Å². The van der Waals surface area contributed by atoms with Gasteiger partial charge in [0.1, 0.15) is 0 Å². The predicted molar refractivity (Wildman–Crippen MR) is 107 cm³/mol. The Morgan fingerprint density at radius 3 is 2.16 bits per heavy atom. The first kappa shape index (κ1) is 18.3.